The highest BCUT2D eigenvalue weighted by molar-refractivity contribution is 7.99. The third kappa shape index (κ3) is 3.29. The van der Waals surface area contributed by atoms with Crippen LogP contribution in [-0.4, -0.2) is 49.0 Å². The number of methoxy groups -OCH3 is 1. The minimum atomic E-state index is 0.197. The summed E-state index contributed by atoms with van der Waals surface area (Å²) in [6.07, 6.45) is 9.10. The summed E-state index contributed by atoms with van der Waals surface area (Å²) in [6, 6.07) is 1.21. The minimum Gasteiger partial charge on any atom is -0.380 e. The molecule has 1 aliphatic carbocycles. The quantitative estimate of drug-likeness (QED) is 0.863. The first-order valence-corrected chi connectivity index (χ1v) is 8.97. The van der Waals surface area contributed by atoms with Crippen LogP contribution < -0.4 is 5.32 Å². The van der Waals surface area contributed by atoms with Crippen molar-refractivity contribution in [1.82, 2.24) is 5.32 Å². The molecule has 3 rings (SSSR count). The van der Waals surface area contributed by atoms with Crippen molar-refractivity contribution in [2.75, 3.05) is 25.2 Å². The molecule has 3 atom stereocenters. The predicted molar refractivity (Wildman–Crippen MR) is 79.8 cm³/mol. The van der Waals surface area contributed by atoms with E-state index in [1.54, 1.807) is 0 Å². The molecule has 0 amide bonds. The van der Waals surface area contributed by atoms with Gasteiger partial charge in [-0.1, -0.05) is 0 Å². The van der Waals surface area contributed by atoms with Crippen molar-refractivity contribution in [1.29, 1.82) is 0 Å². The predicted octanol–water partition coefficient (Wildman–Crippen LogP) is 2.59. The first-order chi connectivity index (χ1) is 9.31. The van der Waals surface area contributed by atoms with E-state index < -0.39 is 0 Å². The summed E-state index contributed by atoms with van der Waals surface area (Å²) in [7, 11) is 1.86. The number of hydrogen-bond acceptors (Lipinski definition) is 4. The first-order valence-electron chi connectivity index (χ1n) is 7.82. The maximum Gasteiger partial charge on any atom is 0.0724 e. The van der Waals surface area contributed by atoms with E-state index in [0.29, 0.717) is 18.2 Å². The monoisotopic (exact) mass is 285 g/mol. The standard InChI is InChI=1S/C15H27NO2S/c1-17-14-4-2-3-13(14)16-12-5-8-18-15(11-12)6-9-19-10-7-15/h12-14,16H,2-11H2,1H3. The van der Waals surface area contributed by atoms with Gasteiger partial charge in [-0.3, -0.25) is 0 Å². The Bertz CT molecular complexity index is 288. The highest BCUT2D eigenvalue weighted by atomic mass is 32.2. The second-order valence-electron chi connectivity index (χ2n) is 6.31. The van der Waals surface area contributed by atoms with Crippen molar-refractivity contribution in [3.05, 3.63) is 0 Å². The average molecular weight is 285 g/mol. The van der Waals surface area contributed by atoms with Crippen LogP contribution in [0.5, 0.6) is 0 Å². The lowest BCUT2D eigenvalue weighted by Crippen LogP contribution is -2.52. The molecule has 4 heteroatoms. The Hall–Kier alpha value is 0.230. The van der Waals surface area contributed by atoms with Crippen molar-refractivity contribution < 1.29 is 9.47 Å². The molecule has 110 valence electrons. The molecule has 1 spiro atoms. The van der Waals surface area contributed by atoms with Gasteiger partial charge in [-0.05, 0) is 56.5 Å². The summed E-state index contributed by atoms with van der Waals surface area (Å²) in [5.74, 6) is 2.55. The van der Waals surface area contributed by atoms with Gasteiger partial charge in [-0.15, -0.1) is 0 Å². The Morgan fingerprint density at radius 1 is 1.21 bits per heavy atom. The fraction of sp³-hybridized carbons (Fsp3) is 1.00. The molecule has 2 heterocycles. The molecule has 3 unspecified atom stereocenters. The Balaban J connectivity index is 1.56. The molecule has 1 saturated carbocycles. The molecule has 0 radical (unpaired) electrons. The van der Waals surface area contributed by atoms with E-state index in [4.69, 9.17) is 9.47 Å². The number of rotatable bonds is 3. The molecule has 3 fully saturated rings. The summed E-state index contributed by atoms with van der Waals surface area (Å²) in [5.41, 5.74) is 0.197. The summed E-state index contributed by atoms with van der Waals surface area (Å²) in [4.78, 5) is 0. The van der Waals surface area contributed by atoms with Crippen LogP contribution in [0.1, 0.15) is 44.9 Å². The molecular weight excluding hydrogens is 258 g/mol. The first kappa shape index (κ1) is 14.2. The van der Waals surface area contributed by atoms with E-state index in [1.165, 1.54) is 56.5 Å². The fourth-order valence-corrected chi connectivity index (χ4v) is 5.20. The second-order valence-corrected chi connectivity index (χ2v) is 7.54. The zero-order valence-corrected chi connectivity index (χ0v) is 12.8. The van der Waals surface area contributed by atoms with E-state index in [-0.39, 0.29) is 5.60 Å². The van der Waals surface area contributed by atoms with Crippen LogP contribution >= 0.6 is 11.8 Å². The molecule has 2 saturated heterocycles. The van der Waals surface area contributed by atoms with Crippen LogP contribution in [0.3, 0.4) is 0 Å². The van der Waals surface area contributed by atoms with E-state index >= 15 is 0 Å². The van der Waals surface area contributed by atoms with Gasteiger partial charge in [0, 0.05) is 25.8 Å². The van der Waals surface area contributed by atoms with E-state index in [1.807, 2.05) is 7.11 Å². The van der Waals surface area contributed by atoms with Crippen molar-refractivity contribution >= 4 is 11.8 Å². The molecule has 3 aliphatic rings. The zero-order valence-electron chi connectivity index (χ0n) is 12.0. The smallest absolute Gasteiger partial charge is 0.0724 e. The lowest BCUT2D eigenvalue weighted by atomic mass is 9.85. The van der Waals surface area contributed by atoms with Crippen LogP contribution in [-0.2, 0) is 9.47 Å². The fourth-order valence-electron chi connectivity index (χ4n) is 3.96. The van der Waals surface area contributed by atoms with Gasteiger partial charge < -0.3 is 14.8 Å². The molecule has 1 N–H and O–H groups in total. The van der Waals surface area contributed by atoms with Gasteiger partial charge in [0.2, 0.25) is 0 Å². The summed E-state index contributed by atoms with van der Waals surface area (Å²) in [5, 5.41) is 3.88. The Morgan fingerprint density at radius 2 is 2.05 bits per heavy atom. The number of nitrogens with one attached hydrogen (secondary N) is 1. The molecule has 0 bridgehead atoms. The van der Waals surface area contributed by atoms with Gasteiger partial charge in [0.25, 0.3) is 0 Å². The largest absolute Gasteiger partial charge is 0.380 e. The van der Waals surface area contributed by atoms with Gasteiger partial charge in [0.05, 0.1) is 11.7 Å². The van der Waals surface area contributed by atoms with Crippen LogP contribution in [0.4, 0.5) is 0 Å². The topological polar surface area (TPSA) is 30.5 Å². The van der Waals surface area contributed by atoms with Crippen molar-refractivity contribution in [3.8, 4) is 0 Å². The second kappa shape index (κ2) is 6.33. The maximum absolute atomic E-state index is 6.17. The maximum atomic E-state index is 6.17. The van der Waals surface area contributed by atoms with Gasteiger partial charge in [-0.2, -0.15) is 11.8 Å². The lowest BCUT2D eigenvalue weighted by Gasteiger charge is -2.44. The van der Waals surface area contributed by atoms with Crippen LogP contribution in [0, 0.1) is 0 Å². The number of thioether (sulfide) groups is 1. The molecular formula is C15H27NO2S. The Kier molecular flexibility index (Phi) is 4.73. The third-order valence-electron chi connectivity index (χ3n) is 5.10. The van der Waals surface area contributed by atoms with E-state index in [2.05, 4.69) is 17.1 Å². The molecule has 0 aromatic carbocycles. The van der Waals surface area contributed by atoms with Crippen molar-refractivity contribution in [2.45, 2.75) is 68.7 Å². The highest BCUT2D eigenvalue weighted by Gasteiger charge is 2.40. The van der Waals surface area contributed by atoms with Gasteiger partial charge >= 0.3 is 0 Å². The molecule has 0 aromatic heterocycles. The summed E-state index contributed by atoms with van der Waals surface area (Å²) >= 11 is 2.08. The van der Waals surface area contributed by atoms with Crippen molar-refractivity contribution in [3.63, 3.8) is 0 Å². The average Bonchev–Trinajstić information content (AvgIpc) is 2.87. The minimum absolute atomic E-state index is 0.197. The molecule has 19 heavy (non-hydrogen) atoms. The summed E-state index contributed by atoms with van der Waals surface area (Å²) in [6.45, 7) is 0.937. The lowest BCUT2D eigenvalue weighted by molar-refractivity contribution is -0.0955. The SMILES string of the molecule is COC1CCCC1NC1CCOC2(CCSCC2)C1. The summed E-state index contributed by atoms with van der Waals surface area (Å²) < 4.78 is 11.8. The van der Waals surface area contributed by atoms with Crippen molar-refractivity contribution in [2.24, 2.45) is 0 Å². The van der Waals surface area contributed by atoms with Crippen LogP contribution in [0.25, 0.3) is 0 Å². The number of ether oxygens (including phenoxy) is 2. The Labute approximate surface area is 121 Å². The Morgan fingerprint density at radius 3 is 2.84 bits per heavy atom. The van der Waals surface area contributed by atoms with E-state index in [9.17, 15) is 0 Å². The highest BCUT2D eigenvalue weighted by Crippen LogP contribution is 2.38. The van der Waals surface area contributed by atoms with Gasteiger partial charge in [0.15, 0.2) is 0 Å². The third-order valence-corrected chi connectivity index (χ3v) is 6.09. The molecule has 0 aromatic rings. The van der Waals surface area contributed by atoms with Gasteiger partial charge in [-0.25, -0.2) is 0 Å². The van der Waals surface area contributed by atoms with Crippen LogP contribution in [0.2, 0.25) is 0 Å². The normalized spacial score (nSPS) is 38.7. The van der Waals surface area contributed by atoms with E-state index in [0.717, 1.165) is 6.61 Å². The van der Waals surface area contributed by atoms with Crippen LogP contribution in [0.15, 0.2) is 0 Å². The molecule has 3 nitrogen and oxygen atoms in total. The number of hydrogen-bond donors (Lipinski definition) is 1. The van der Waals surface area contributed by atoms with Gasteiger partial charge in [0.1, 0.15) is 0 Å². The zero-order chi connectivity index (χ0) is 13.1. The molecule has 2 aliphatic heterocycles.